The lowest BCUT2D eigenvalue weighted by molar-refractivity contribution is 0.306. The lowest BCUT2D eigenvalue weighted by Gasteiger charge is -2.10. The van der Waals surface area contributed by atoms with Gasteiger partial charge in [-0.05, 0) is 43.5 Å². The molecule has 0 radical (unpaired) electrons. The van der Waals surface area contributed by atoms with Crippen molar-refractivity contribution in [2.75, 3.05) is 0 Å². The molecule has 21 heavy (non-hydrogen) atoms. The number of hydrogen-bond donors (Lipinski definition) is 1. The molecule has 2 nitrogen and oxygen atoms in total. The Morgan fingerprint density at radius 3 is 2.48 bits per heavy atom. The largest absolute Gasteiger partial charge is 0.489 e. The lowest BCUT2D eigenvalue weighted by Crippen LogP contribution is -2.15. The Labute approximate surface area is 135 Å². The van der Waals surface area contributed by atoms with Crippen LogP contribution in [0.3, 0.4) is 0 Å². The van der Waals surface area contributed by atoms with Crippen LogP contribution in [0.2, 0.25) is 10.0 Å². The fourth-order valence-electron chi connectivity index (χ4n) is 1.97. The van der Waals surface area contributed by atoms with Crippen molar-refractivity contribution in [2.45, 2.75) is 32.4 Å². The smallest absolute Gasteiger partial charge is 0.119 e. The van der Waals surface area contributed by atoms with Crippen LogP contribution < -0.4 is 10.5 Å². The molecule has 0 heterocycles. The standard InChI is InChI=1S/C17H19Cl2NO/c1-12(20)5-6-13-7-9-15(10-8-13)21-11-14-3-2-4-16(18)17(14)19/h2-4,7-10,12H,5-6,11,20H2,1H3. The molecule has 2 N–H and O–H groups in total. The molecule has 0 aromatic heterocycles. The molecule has 0 spiro atoms. The highest BCUT2D eigenvalue weighted by molar-refractivity contribution is 6.42. The molecule has 4 heteroatoms. The van der Waals surface area contributed by atoms with E-state index in [0.717, 1.165) is 24.2 Å². The second-order valence-corrected chi connectivity index (χ2v) is 5.95. The maximum absolute atomic E-state index is 6.13. The summed E-state index contributed by atoms with van der Waals surface area (Å²) in [5.41, 5.74) is 7.90. The molecule has 0 fully saturated rings. The van der Waals surface area contributed by atoms with E-state index in [9.17, 15) is 0 Å². The van der Waals surface area contributed by atoms with Crippen LogP contribution in [-0.2, 0) is 13.0 Å². The molecule has 1 unspecified atom stereocenters. The topological polar surface area (TPSA) is 35.2 Å². The van der Waals surface area contributed by atoms with Gasteiger partial charge in [-0.3, -0.25) is 0 Å². The molecule has 0 amide bonds. The van der Waals surface area contributed by atoms with Gasteiger partial charge < -0.3 is 10.5 Å². The summed E-state index contributed by atoms with van der Waals surface area (Å²) < 4.78 is 5.74. The second kappa shape index (κ2) is 7.69. The highest BCUT2D eigenvalue weighted by atomic mass is 35.5. The quantitative estimate of drug-likeness (QED) is 0.824. The monoisotopic (exact) mass is 323 g/mol. The van der Waals surface area contributed by atoms with Gasteiger partial charge in [0.15, 0.2) is 0 Å². The molecule has 2 rings (SSSR count). The summed E-state index contributed by atoms with van der Waals surface area (Å²) in [4.78, 5) is 0. The summed E-state index contributed by atoms with van der Waals surface area (Å²) >= 11 is 12.1. The zero-order valence-electron chi connectivity index (χ0n) is 12.0. The predicted octanol–water partition coefficient (Wildman–Crippen LogP) is 4.85. The van der Waals surface area contributed by atoms with Crippen LogP contribution in [0.15, 0.2) is 42.5 Å². The van der Waals surface area contributed by atoms with Gasteiger partial charge in [0.25, 0.3) is 0 Å². The van der Waals surface area contributed by atoms with Crippen molar-refractivity contribution < 1.29 is 4.74 Å². The van der Waals surface area contributed by atoms with Gasteiger partial charge in [-0.2, -0.15) is 0 Å². The first kappa shape index (κ1) is 16.2. The maximum atomic E-state index is 6.13. The van der Waals surface area contributed by atoms with Crippen LogP contribution in [0.5, 0.6) is 5.75 Å². The van der Waals surface area contributed by atoms with Crippen molar-refractivity contribution in [2.24, 2.45) is 5.73 Å². The Morgan fingerprint density at radius 2 is 1.81 bits per heavy atom. The first-order valence-corrected chi connectivity index (χ1v) is 7.72. The van der Waals surface area contributed by atoms with Gasteiger partial charge in [-0.15, -0.1) is 0 Å². The number of benzene rings is 2. The Morgan fingerprint density at radius 1 is 1.10 bits per heavy atom. The normalized spacial score (nSPS) is 12.2. The van der Waals surface area contributed by atoms with Crippen molar-refractivity contribution in [3.05, 3.63) is 63.6 Å². The van der Waals surface area contributed by atoms with E-state index < -0.39 is 0 Å². The lowest BCUT2D eigenvalue weighted by atomic mass is 10.1. The molecule has 112 valence electrons. The van der Waals surface area contributed by atoms with Gasteiger partial charge in [0, 0.05) is 11.6 Å². The zero-order valence-corrected chi connectivity index (χ0v) is 13.5. The van der Waals surface area contributed by atoms with E-state index in [1.54, 1.807) is 6.07 Å². The van der Waals surface area contributed by atoms with E-state index in [-0.39, 0.29) is 6.04 Å². The third kappa shape index (κ3) is 4.92. The third-order valence-electron chi connectivity index (χ3n) is 3.24. The SMILES string of the molecule is CC(N)CCc1ccc(OCc2cccc(Cl)c2Cl)cc1. The molecule has 2 aromatic rings. The van der Waals surface area contributed by atoms with Crippen LogP contribution >= 0.6 is 23.2 Å². The molecule has 1 atom stereocenters. The summed E-state index contributed by atoms with van der Waals surface area (Å²) in [5.74, 6) is 0.815. The highest BCUT2D eigenvalue weighted by Gasteiger charge is 2.05. The van der Waals surface area contributed by atoms with Gasteiger partial charge in [0.1, 0.15) is 12.4 Å². The van der Waals surface area contributed by atoms with E-state index in [0.29, 0.717) is 16.7 Å². The minimum Gasteiger partial charge on any atom is -0.489 e. The van der Waals surface area contributed by atoms with E-state index >= 15 is 0 Å². The van der Waals surface area contributed by atoms with Gasteiger partial charge in [-0.1, -0.05) is 47.5 Å². The average Bonchev–Trinajstić information content (AvgIpc) is 2.48. The highest BCUT2D eigenvalue weighted by Crippen LogP contribution is 2.26. The molecule has 0 aliphatic carbocycles. The van der Waals surface area contributed by atoms with E-state index in [2.05, 4.69) is 12.1 Å². The van der Waals surface area contributed by atoms with Crippen molar-refractivity contribution in [1.29, 1.82) is 0 Å². The molecule has 0 saturated carbocycles. The Hall–Kier alpha value is -1.22. The number of hydrogen-bond acceptors (Lipinski definition) is 2. The molecular weight excluding hydrogens is 305 g/mol. The number of halogens is 2. The van der Waals surface area contributed by atoms with Gasteiger partial charge in [0.05, 0.1) is 10.0 Å². The third-order valence-corrected chi connectivity index (χ3v) is 4.10. The summed E-state index contributed by atoms with van der Waals surface area (Å²) in [6.07, 6.45) is 1.97. The number of aryl methyl sites for hydroxylation is 1. The number of ether oxygens (including phenoxy) is 1. The van der Waals surface area contributed by atoms with Crippen LogP contribution in [0.1, 0.15) is 24.5 Å². The van der Waals surface area contributed by atoms with E-state index in [4.69, 9.17) is 33.7 Å². The van der Waals surface area contributed by atoms with Crippen LogP contribution in [0.25, 0.3) is 0 Å². The van der Waals surface area contributed by atoms with E-state index in [1.807, 2.05) is 31.2 Å². The van der Waals surface area contributed by atoms with Crippen LogP contribution in [0.4, 0.5) is 0 Å². The summed E-state index contributed by atoms with van der Waals surface area (Å²) in [6, 6.07) is 13.8. The van der Waals surface area contributed by atoms with Crippen molar-refractivity contribution >= 4 is 23.2 Å². The summed E-state index contributed by atoms with van der Waals surface area (Å²) in [6.45, 7) is 2.42. The fourth-order valence-corrected chi connectivity index (χ4v) is 2.34. The maximum Gasteiger partial charge on any atom is 0.119 e. The van der Waals surface area contributed by atoms with Crippen molar-refractivity contribution in [1.82, 2.24) is 0 Å². The minimum atomic E-state index is 0.228. The Balaban J connectivity index is 1.93. The van der Waals surface area contributed by atoms with Crippen LogP contribution in [-0.4, -0.2) is 6.04 Å². The number of nitrogens with two attached hydrogens (primary N) is 1. The van der Waals surface area contributed by atoms with Crippen LogP contribution in [0, 0.1) is 0 Å². The zero-order chi connectivity index (χ0) is 15.2. The van der Waals surface area contributed by atoms with Gasteiger partial charge >= 0.3 is 0 Å². The van der Waals surface area contributed by atoms with Gasteiger partial charge in [0.2, 0.25) is 0 Å². The first-order chi connectivity index (χ1) is 10.1. The summed E-state index contributed by atoms with van der Waals surface area (Å²) in [5, 5.41) is 1.09. The molecule has 0 aliphatic rings. The van der Waals surface area contributed by atoms with Crippen molar-refractivity contribution in [3.63, 3.8) is 0 Å². The van der Waals surface area contributed by atoms with E-state index in [1.165, 1.54) is 5.56 Å². The second-order valence-electron chi connectivity index (χ2n) is 5.16. The molecular formula is C17H19Cl2NO. The Bertz CT molecular complexity index is 582. The molecule has 2 aromatic carbocycles. The predicted molar refractivity (Wildman–Crippen MR) is 89.2 cm³/mol. The van der Waals surface area contributed by atoms with Gasteiger partial charge in [-0.25, -0.2) is 0 Å². The van der Waals surface area contributed by atoms with Crippen molar-refractivity contribution in [3.8, 4) is 5.75 Å². The average molecular weight is 324 g/mol. The molecule has 0 aliphatic heterocycles. The molecule has 0 bridgehead atoms. The minimum absolute atomic E-state index is 0.228. The summed E-state index contributed by atoms with van der Waals surface area (Å²) in [7, 11) is 0. The first-order valence-electron chi connectivity index (χ1n) is 6.96. The molecule has 0 saturated heterocycles. The Kier molecular flexibility index (Phi) is 5.92. The fraction of sp³-hybridized carbons (Fsp3) is 0.294. The number of rotatable bonds is 6.